The van der Waals surface area contributed by atoms with Crippen molar-refractivity contribution in [2.45, 2.75) is 5.25 Å². The summed E-state index contributed by atoms with van der Waals surface area (Å²) in [5.41, 5.74) is -0.0846. The van der Waals surface area contributed by atoms with Crippen LogP contribution in [0.2, 0.25) is 5.02 Å². The third-order valence-electron chi connectivity index (χ3n) is 3.94. The Kier molecular flexibility index (Phi) is 6.35. The third kappa shape index (κ3) is 5.14. The maximum Gasteiger partial charge on any atom is 0.264 e. The number of benzene rings is 3. The molecule has 0 radical (unpaired) electrons. The van der Waals surface area contributed by atoms with Crippen LogP contribution in [0.3, 0.4) is 0 Å². The maximum atomic E-state index is 14.1. The van der Waals surface area contributed by atoms with Crippen LogP contribution in [0.15, 0.2) is 72.8 Å². The first-order chi connectivity index (χ1) is 14.3. The normalized spacial score (nSPS) is 11.9. The molecular weight excluding hydrogens is 431 g/mol. The van der Waals surface area contributed by atoms with Gasteiger partial charge in [0.15, 0.2) is 5.25 Å². The number of carbonyl (C=O) groups is 1. The molecule has 1 N–H and O–H groups in total. The third-order valence-corrected chi connectivity index (χ3v) is 5.66. The molecule has 0 aliphatic carbocycles. The zero-order valence-electron chi connectivity index (χ0n) is 15.2. The summed E-state index contributed by atoms with van der Waals surface area (Å²) in [5.74, 6) is -1.38. The molecule has 9 heteroatoms. The second kappa shape index (κ2) is 8.95. The van der Waals surface area contributed by atoms with Gasteiger partial charge in [0.25, 0.3) is 15.9 Å². The van der Waals surface area contributed by atoms with E-state index in [1.54, 1.807) is 48.5 Å². The topological polar surface area (TPSA) is 96.3 Å². The molecule has 0 saturated heterocycles. The molecule has 0 saturated carbocycles. The van der Waals surface area contributed by atoms with Crippen LogP contribution in [0.4, 0.5) is 4.39 Å². The second-order valence-electron chi connectivity index (χ2n) is 6.13. The van der Waals surface area contributed by atoms with E-state index in [0.29, 0.717) is 10.8 Å². The summed E-state index contributed by atoms with van der Waals surface area (Å²) in [6, 6.07) is 18.6. The second-order valence-corrected chi connectivity index (χ2v) is 8.33. The lowest BCUT2D eigenvalue weighted by Gasteiger charge is -2.14. The number of carbonyl (C=O) groups excluding carboxylic acids is 1. The fourth-order valence-electron chi connectivity index (χ4n) is 2.59. The highest BCUT2D eigenvalue weighted by Crippen LogP contribution is 2.29. The Hall–Kier alpha value is -3.41. The number of sulfonamides is 1. The van der Waals surface area contributed by atoms with Gasteiger partial charge in [-0.25, -0.2) is 17.5 Å². The van der Waals surface area contributed by atoms with E-state index in [0.717, 1.165) is 12.1 Å². The molecule has 0 spiro atoms. The molecular formula is C21H14ClFN2O4S. The molecule has 0 aliphatic heterocycles. The Bertz CT molecular complexity index is 1210. The predicted molar refractivity (Wildman–Crippen MR) is 109 cm³/mol. The van der Waals surface area contributed by atoms with Crippen molar-refractivity contribution in [1.29, 1.82) is 5.26 Å². The van der Waals surface area contributed by atoms with Crippen molar-refractivity contribution in [3.63, 3.8) is 0 Å². The minimum Gasteiger partial charge on any atom is -0.457 e. The summed E-state index contributed by atoms with van der Waals surface area (Å²) >= 11 is 5.81. The van der Waals surface area contributed by atoms with E-state index >= 15 is 0 Å². The Labute approximate surface area is 177 Å². The number of nitrogens with zero attached hydrogens (tertiary/aromatic N) is 1. The minimum atomic E-state index is -4.49. The lowest BCUT2D eigenvalue weighted by atomic mass is 10.1. The largest absolute Gasteiger partial charge is 0.457 e. The zero-order valence-corrected chi connectivity index (χ0v) is 16.8. The van der Waals surface area contributed by atoms with Gasteiger partial charge in [-0.2, -0.15) is 5.26 Å². The van der Waals surface area contributed by atoms with E-state index in [-0.39, 0.29) is 16.9 Å². The van der Waals surface area contributed by atoms with E-state index in [1.165, 1.54) is 18.2 Å². The molecule has 0 bridgehead atoms. The summed E-state index contributed by atoms with van der Waals surface area (Å²) in [6.45, 7) is 0. The average Bonchev–Trinajstić information content (AvgIpc) is 2.70. The van der Waals surface area contributed by atoms with E-state index in [9.17, 15) is 22.9 Å². The molecule has 1 amide bonds. The van der Waals surface area contributed by atoms with Crippen molar-refractivity contribution < 1.29 is 22.3 Å². The number of nitrogens with one attached hydrogen (secondary N) is 1. The number of nitriles is 1. The Morgan fingerprint density at radius 3 is 2.33 bits per heavy atom. The van der Waals surface area contributed by atoms with Crippen LogP contribution in [-0.4, -0.2) is 14.3 Å². The van der Waals surface area contributed by atoms with Crippen molar-refractivity contribution in [1.82, 2.24) is 4.72 Å². The van der Waals surface area contributed by atoms with Crippen molar-refractivity contribution >= 4 is 27.5 Å². The highest BCUT2D eigenvalue weighted by atomic mass is 35.5. The van der Waals surface area contributed by atoms with Gasteiger partial charge in [-0.3, -0.25) is 4.79 Å². The average molecular weight is 445 g/mol. The number of halogens is 2. The van der Waals surface area contributed by atoms with Crippen LogP contribution in [0, 0.1) is 17.1 Å². The number of hydrogen-bond acceptors (Lipinski definition) is 5. The van der Waals surface area contributed by atoms with Crippen molar-refractivity contribution in [2.24, 2.45) is 0 Å². The molecule has 152 valence electrons. The first-order valence-corrected chi connectivity index (χ1v) is 10.5. The van der Waals surface area contributed by atoms with Crippen LogP contribution in [0.5, 0.6) is 11.5 Å². The standard InChI is InChI=1S/C21H14ClFN2O4S/c22-16-6-8-18(9-7-16)29-19-11-15(10-17(23)12-19)20(13-24)30(27,28)25-21(26)14-4-2-1-3-5-14/h1-12,20H,(H,25,26). The van der Waals surface area contributed by atoms with E-state index < -0.39 is 27.0 Å². The number of hydrogen-bond donors (Lipinski definition) is 1. The smallest absolute Gasteiger partial charge is 0.264 e. The summed E-state index contributed by atoms with van der Waals surface area (Å²) in [6.07, 6.45) is 0. The molecule has 3 aromatic carbocycles. The van der Waals surface area contributed by atoms with Gasteiger partial charge in [-0.05, 0) is 54.1 Å². The molecule has 3 aromatic rings. The fourth-order valence-corrected chi connectivity index (χ4v) is 3.85. The summed E-state index contributed by atoms with van der Waals surface area (Å²) < 4.78 is 46.8. The molecule has 1 unspecified atom stereocenters. The van der Waals surface area contributed by atoms with Crippen molar-refractivity contribution in [3.8, 4) is 17.6 Å². The van der Waals surface area contributed by atoms with Gasteiger partial charge < -0.3 is 4.74 Å². The molecule has 3 rings (SSSR count). The van der Waals surface area contributed by atoms with Gasteiger partial charge in [0.1, 0.15) is 17.3 Å². The van der Waals surface area contributed by atoms with E-state index in [4.69, 9.17) is 16.3 Å². The highest BCUT2D eigenvalue weighted by molar-refractivity contribution is 7.90. The first kappa shape index (κ1) is 21.3. The number of amides is 1. The first-order valence-electron chi connectivity index (χ1n) is 8.53. The van der Waals surface area contributed by atoms with E-state index in [1.807, 2.05) is 4.72 Å². The molecule has 6 nitrogen and oxygen atoms in total. The monoisotopic (exact) mass is 444 g/mol. The molecule has 0 fully saturated rings. The zero-order chi connectivity index (χ0) is 21.7. The molecule has 30 heavy (non-hydrogen) atoms. The van der Waals surface area contributed by atoms with Crippen molar-refractivity contribution in [3.05, 3.63) is 94.8 Å². The summed E-state index contributed by atoms with van der Waals surface area (Å²) in [5, 5.41) is 8.08. The van der Waals surface area contributed by atoms with Gasteiger partial charge in [0.2, 0.25) is 0 Å². The highest BCUT2D eigenvalue weighted by Gasteiger charge is 2.30. The maximum absolute atomic E-state index is 14.1. The molecule has 0 aromatic heterocycles. The van der Waals surface area contributed by atoms with Crippen LogP contribution >= 0.6 is 11.6 Å². The SMILES string of the molecule is N#CC(c1cc(F)cc(Oc2ccc(Cl)cc2)c1)S(=O)(=O)NC(=O)c1ccccc1. The van der Waals surface area contributed by atoms with Gasteiger partial charge in [0, 0.05) is 16.7 Å². The molecule has 0 aliphatic rings. The molecule has 0 heterocycles. The van der Waals surface area contributed by atoms with Gasteiger partial charge in [-0.1, -0.05) is 29.8 Å². The minimum absolute atomic E-state index is 0.0165. The Morgan fingerprint density at radius 2 is 1.70 bits per heavy atom. The van der Waals surface area contributed by atoms with Crippen LogP contribution in [0.25, 0.3) is 0 Å². The van der Waals surface area contributed by atoms with Crippen LogP contribution < -0.4 is 9.46 Å². The van der Waals surface area contributed by atoms with Gasteiger partial charge in [0.05, 0.1) is 6.07 Å². The van der Waals surface area contributed by atoms with Crippen LogP contribution in [0.1, 0.15) is 21.2 Å². The number of rotatable bonds is 6. The summed E-state index contributed by atoms with van der Waals surface area (Å²) in [4.78, 5) is 12.2. The van der Waals surface area contributed by atoms with Gasteiger partial charge >= 0.3 is 0 Å². The molecule has 1 atom stereocenters. The number of ether oxygens (including phenoxy) is 1. The quantitative estimate of drug-likeness (QED) is 0.599. The lowest BCUT2D eigenvalue weighted by Crippen LogP contribution is -2.34. The Balaban J connectivity index is 1.88. The van der Waals surface area contributed by atoms with Crippen LogP contribution in [-0.2, 0) is 10.0 Å². The predicted octanol–water partition coefficient (Wildman–Crippen LogP) is 4.60. The van der Waals surface area contributed by atoms with E-state index in [2.05, 4.69) is 0 Å². The fraction of sp³-hybridized carbons (Fsp3) is 0.0476. The van der Waals surface area contributed by atoms with Gasteiger partial charge in [-0.15, -0.1) is 0 Å². The Morgan fingerprint density at radius 1 is 1.03 bits per heavy atom. The summed E-state index contributed by atoms with van der Waals surface area (Å²) in [7, 11) is -4.49. The van der Waals surface area contributed by atoms with Crippen molar-refractivity contribution in [2.75, 3.05) is 0 Å². The lowest BCUT2D eigenvalue weighted by molar-refractivity contribution is 0.0981.